The lowest BCUT2D eigenvalue weighted by Gasteiger charge is -2.35. The molecule has 72 valence electrons. The molecule has 0 radical (unpaired) electrons. The number of hydrogen-bond donors (Lipinski definition) is 0. The second-order valence-electron chi connectivity index (χ2n) is 3.96. The second-order valence-corrected chi connectivity index (χ2v) is 3.96. The van der Waals surface area contributed by atoms with Crippen molar-refractivity contribution in [1.82, 2.24) is 0 Å². The third-order valence-electron chi connectivity index (χ3n) is 2.88. The summed E-state index contributed by atoms with van der Waals surface area (Å²) in [6, 6.07) is 0. The highest BCUT2D eigenvalue weighted by atomic mass is 16.5. The van der Waals surface area contributed by atoms with Gasteiger partial charge in [0.2, 0.25) is 0 Å². The predicted octanol–water partition coefficient (Wildman–Crippen LogP) is 2.32. The fraction of sp³-hybridized carbons (Fsp3) is 0.545. The number of rotatable bonds is 1. The highest BCUT2D eigenvalue weighted by Crippen LogP contribution is 2.40. The third-order valence-corrected chi connectivity index (χ3v) is 2.88. The second kappa shape index (κ2) is 3.36. The summed E-state index contributed by atoms with van der Waals surface area (Å²) in [6.45, 7) is 8.00. The van der Waals surface area contributed by atoms with E-state index in [0.717, 1.165) is 12.0 Å². The van der Waals surface area contributed by atoms with Crippen molar-refractivity contribution in [2.24, 2.45) is 11.3 Å². The standard InChI is InChI=1S/C11H16O2/c1-8-6-5-7-9(10(12)13-4)11(8,2)3/h5-6,9H,1,7H2,2-4H3. The van der Waals surface area contributed by atoms with E-state index in [1.807, 2.05) is 26.0 Å². The normalized spacial score (nSPS) is 25.8. The molecule has 0 aliphatic heterocycles. The van der Waals surface area contributed by atoms with Gasteiger partial charge in [0, 0.05) is 5.41 Å². The van der Waals surface area contributed by atoms with Crippen molar-refractivity contribution >= 4 is 5.97 Å². The monoisotopic (exact) mass is 180 g/mol. The number of esters is 1. The van der Waals surface area contributed by atoms with Crippen molar-refractivity contribution in [2.45, 2.75) is 20.3 Å². The summed E-state index contributed by atoms with van der Waals surface area (Å²) in [6.07, 6.45) is 4.72. The summed E-state index contributed by atoms with van der Waals surface area (Å²) in [5, 5.41) is 0. The highest BCUT2D eigenvalue weighted by Gasteiger charge is 2.38. The summed E-state index contributed by atoms with van der Waals surface area (Å²) in [4.78, 5) is 11.4. The van der Waals surface area contributed by atoms with Crippen molar-refractivity contribution in [1.29, 1.82) is 0 Å². The number of carbonyl (C=O) groups is 1. The molecule has 2 nitrogen and oxygen atoms in total. The van der Waals surface area contributed by atoms with E-state index in [-0.39, 0.29) is 17.3 Å². The molecule has 0 aromatic carbocycles. The van der Waals surface area contributed by atoms with E-state index >= 15 is 0 Å². The minimum atomic E-state index is -0.179. The van der Waals surface area contributed by atoms with Gasteiger partial charge in [-0.1, -0.05) is 32.6 Å². The lowest BCUT2D eigenvalue weighted by Crippen LogP contribution is -2.34. The van der Waals surface area contributed by atoms with Crippen LogP contribution in [0.1, 0.15) is 20.3 Å². The first kappa shape index (κ1) is 10.0. The molecule has 0 saturated carbocycles. The molecule has 1 rings (SSSR count). The van der Waals surface area contributed by atoms with Crippen LogP contribution in [0.2, 0.25) is 0 Å². The summed E-state index contributed by atoms with van der Waals surface area (Å²) < 4.78 is 4.76. The van der Waals surface area contributed by atoms with Crippen LogP contribution in [0.15, 0.2) is 24.3 Å². The molecular weight excluding hydrogens is 164 g/mol. The first-order chi connectivity index (χ1) is 6.00. The molecule has 2 heteroatoms. The Bertz CT molecular complexity index is 261. The SMILES string of the molecule is C=C1C=CCC(C(=O)OC)C1(C)C. The molecule has 0 amide bonds. The van der Waals surface area contributed by atoms with E-state index in [1.54, 1.807) is 0 Å². The average Bonchev–Trinajstić information content (AvgIpc) is 2.08. The molecule has 0 aromatic heterocycles. The van der Waals surface area contributed by atoms with Crippen LogP contribution in [0.25, 0.3) is 0 Å². The molecule has 13 heavy (non-hydrogen) atoms. The Kier molecular flexibility index (Phi) is 2.60. The van der Waals surface area contributed by atoms with Crippen molar-refractivity contribution in [3.8, 4) is 0 Å². The number of hydrogen-bond acceptors (Lipinski definition) is 2. The number of allylic oxidation sites excluding steroid dienone is 3. The first-order valence-electron chi connectivity index (χ1n) is 4.44. The number of carbonyl (C=O) groups excluding carboxylic acids is 1. The lowest BCUT2D eigenvalue weighted by molar-refractivity contribution is -0.148. The summed E-state index contributed by atoms with van der Waals surface area (Å²) in [5.74, 6) is -0.231. The summed E-state index contributed by atoms with van der Waals surface area (Å²) in [5.41, 5.74) is 0.816. The molecule has 0 fully saturated rings. The Labute approximate surface area is 79.3 Å². The molecule has 0 bridgehead atoms. The fourth-order valence-electron chi connectivity index (χ4n) is 1.61. The maximum absolute atomic E-state index is 11.4. The number of methoxy groups -OCH3 is 1. The van der Waals surface area contributed by atoms with Gasteiger partial charge in [-0.25, -0.2) is 0 Å². The third kappa shape index (κ3) is 1.67. The largest absolute Gasteiger partial charge is 0.469 e. The van der Waals surface area contributed by atoms with E-state index in [1.165, 1.54) is 7.11 Å². The van der Waals surface area contributed by atoms with Gasteiger partial charge in [-0.2, -0.15) is 0 Å². The van der Waals surface area contributed by atoms with E-state index in [2.05, 4.69) is 6.58 Å². The van der Waals surface area contributed by atoms with Crippen LogP contribution in [-0.4, -0.2) is 13.1 Å². The maximum Gasteiger partial charge on any atom is 0.309 e. The van der Waals surface area contributed by atoms with Gasteiger partial charge < -0.3 is 4.74 Å². The zero-order valence-corrected chi connectivity index (χ0v) is 8.46. The predicted molar refractivity (Wildman–Crippen MR) is 52.2 cm³/mol. The molecule has 0 N–H and O–H groups in total. The van der Waals surface area contributed by atoms with Crippen molar-refractivity contribution in [2.75, 3.05) is 7.11 Å². The van der Waals surface area contributed by atoms with E-state index < -0.39 is 0 Å². The van der Waals surface area contributed by atoms with Gasteiger partial charge in [-0.05, 0) is 12.0 Å². The zero-order chi connectivity index (χ0) is 10.1. The Morgan fingerprint density at radius 3 is 2.85 bits per heavy atom. The van der Waals surface area contributed by atoms with Gasteiger partial charge in [-0.3, -0.25) is 4.79 Å². The maximum atomic E-state index is 11.4. The lowest BCUT2D eigenvalue weighted by atomic mass is 9.69. The average molecular weight is 180 g/mol. The molecule has 0 saturated heterocycles. The van der Waals surface area contributed by atoms with Crippen molar-refractivity contribution < 1.29 is 9.53 Å². The van der Waals surface area contributed by atoms with Crippen LogP contribution in [0.5, 0.6) is 0 Å². The van der Waals surface area contributed by atoms with Gasteiger partial charge in [0.25, 0.3) is 0 Å². The molecule has 1 unspecified atom stereocenters. The zero-order valence-electron chi connectivity index (χ0n) is 8.46. The summed E-state index contributed by atoms with van der Waals surface area (Å²) in [7, 11) is 1.43. The van der Waals surface area contributed by atoms with E-state index in [0.29, 0.717) is 0 Å². The Hall–Kier alpha value is -1.05. The Morgan fingerprint density at radius 2 is 2.31 bits per heavy atom. The van der Waals surface area contributed by atoms with Gasteiger partial charge in [0.1, 0.15) is 0 Å². The van der Waals surface area contributed by atoms with Crippen LogP contribution < -0.4 is 0 Å². The number of ether oxygens (including phenoxy) is 1. The minimum absolute atomic E-state index is 0.0880. The van der Waals surface area contributed by atoms with Crippen LogP contribution >= 0.6 is 0 Å². The topological polar surface area (TPSA) is 26.3 Å². The van der Waals surface area contributed by atoms with Crippen LogP contribution in [-0.2, 0) is 9.53 Å². The molecule has 1 aliphatic rings. The van der Waals surface area contributed by atoms with Crippen molar-refractivity contribution in [3.05, 3.63) is 24.3 Å². The quantitative estimate of drug-likeness (QED) is 0.579. The fourth-order valence-corrected chi connectivity index (χ4v) is 1.61. The molecule has 0 aromatic rings. The Balaban J connectivity index is 2.93. The Morgan fingerprint density at radius 1 is 1.69 bits per heavy atom. The van der Waals surface area contributed by atoms with E-state index in [4.69, 9.17) is 4.74 Å². The summed E-state index contributed by atoms with van der Waals surface area (Å²) >= 11 is 0. The molecule has 0 spiro atoms. The molecule has 1 aliphatic carbocycles. The highest BCUT2D eigenvalue weighted by molar-refractivity contribution is 5.74. The van der Waals surface area contributed by atoms with Crippen LogP contribution in [0.3, 0.4) is 0 Å². The smallest absolute Gasteiger partial charge is 0.309 e. The van der Waals surface area contributed by atoms with E-state index in [9.17, 15) is 4.79 Å². The van der Waals surface area contributed by atoms with Gasteiger partial charge in [-0.15, -0.1) is 0 Å². The van der Waals surface area contributed by atoms with Gasteiger partial charge in [0.05, 0.1) is 13.0 Å². The van der Waals surface area contributed by atoms with Crippen molar-refractivity contribution in [3.63, 3.8) is 0 Å². The molecular formula is C11H16O2. The molecule has 1 atom stereocenters. The van der Waals surface area contributed by atoms with Gasteiger partial charge in [0.15, 0.2) is 0 Å². The first-order valence-corrected chi connectivity index (χ1v) is 4.44. The minimum Gasteiger partial charge on any atom is -0.469 e. The van der Waals surface area contributed by atoms with Gasteiger partial charge >= 0.3 is 5.97 Å². The van der Waals surface area contributed by atoms with Crippen LogP contribution in [0.4, 0.5) is 0 Å². The molecule has 0 heterocycles. The van der Waals surface area contributed by atoms with Crippen LogP contribution in [0, 0.1) is 11.3 Å².